The van der Waals surface area contributed by atoms with Crippen LogP contribution in [-0.4, -0.2) is 15.5 Å². The standard InChI is InChI=1S/C23H14ClF4N3O2/c24-16-6-2-4-8-19(16)31-20(29-17-7-3-1-5-14(17)22(31)33)12-21(32)30-18-10-9-13(25)11-15(18)23(26,27)28/h1-11H,12H2,(H,30,32). The molecule has 0 atom stereocenters. The van der Waals surface area contributed by atoms with E-state index >= 15 is 0 Å². The molecule has 0 fully saturated rings. The highest BCUT2D eigenvalue weighted by molar-refractivity contribution is 6.32. The van der Waals surface area contributed by atoms with Crippen LogP contribution in [-0.2, 0) is 17.4 Å². The Morgan fingerprint density at radius 1 is 1.03 bits per heavy atom. The first-order chi connectivity index (χ1) is 15.6. The zero-order chi connectivity index (χ0) is 23.8. The lowest BCUT2D eigenvalue weighted by Crippen LogP contribution is -2.28. The summed E-state index contributed by atoms with van der Waals surface area (Å²) in [5.41, 5.74) is -1.85. The van der Waals surface area contributed by atoms with E-state index in [2.05, 4.69) is 10.3 Å². The van der Waals surface area contributed by atoms with Gasteiger partial charge in [0.15, 0.2) is 0 Å². The highest BCUT2D eigenvalue weighted by atomic mass is 35.5. The molecule has 0 radical (unpaired) electrons. The zero-order valence-electron chi connectivity index (χ0n) is 16.7. The molecule has 0 unspecified atom stereocenters. The van der Waals surface area contributed by atoms with Crippen molar-refractivity contribution in [3.05, 3.63) is 99.3 Å². The van der Waals surface area contributed by atoms with Crippen molar-refractivity contribution < 1.29 is 22.4 Å². The number of amides is 1. The van der Waals surface area contributed by atoms with Crippen molar-refractivity contribution in [2.45, 2.75) is 12.6 Å². The zero-order valence-corrected chi connectivity index (χ0v) is 17.4. The van der Waals surface area contributed by atoms with E-state index in [1.165, 1.54) is 0 Å². The Bertz CT molecular complexity index is 1430. The van der Waals surface area contributed by atoms with E-state index in [1.54, 1.807) is 48.5 Å². The topological polar surface area (TPSA) is 64.0 Å². The molecule has 0 saturated carbocycles. The van der Waals surface area contributed by atoms with Gasteiger partial charge in [-0.3, -0.25) is 14.2 Å². The maximum Gasteiger partial charge on any atom is 0.418 e. The molecule has 1 N–H and O–H groups in total. The Labute approximate surface area is 189 Å². The molecule has 0 spiro atoms. The van der Waals surface area contributed by atoms with Crippen LogP contribution in [0.4, 0.5) is 23.2 Å². The number of halogens is 5. The number of anilines is 1. The molecule has 4 aromatic rings. The summed E-state index contributed by atoms with van der Waals surface area (Å²) in [5, 5.41) is 2.64. The highest BCUT2D eigenvalue weighted by Gasteiger charge is 2.34. The number of hydrogen-bond donors (Lipinski definition) is 1. The summed E-state index contributed by atoms with van der Waals surface area (Å²) in [4.78, 5) is 30.3. The van der Waals surface area contributed by atoms with Gasteiger partial charge in [0.05, 0.1) is 39.3 Å². The predicted molar refractivity (Wildman–Crippen MR) is 116 cm³/mol. The van der Waals surface area contributed by atoms with E-state index in [4.69, 9.17) is 11.6 Å². The monoisotopic (exact) mass is 475 g/mol. The number of hydrogen-bond acceptors (Lipinski definition) is 3. The molecule has 4 rings (SSSR count). The number of alkyl halides is 3. The summed E-state index contributed by atoms with van der Waals surface area (Å²) in [6.07, 6.45) is -5.43. The molecule has 5 nitrogen and oxygen atoms in total. The van der Waals surface area contributed by atoms with Crippen molar-refractivity contribution in [1.82, 2.24) is 9.55 Å². The smallest absolute Gasteiger partial charge is 0.325 e. The predicted octanol–water partition coefficient (Wildman–Crippen LogP) is 5.38. The molecule has 1 amide bonds. The largest absolute Gasteiger partial charge is 0.418 e. The Kier molecular flexibility index (Phi) is 5.90. The van der Waals surface area contributed by atoms with Gasteiger partial charge in [0, 0.05) is 0 Å². The molecule has 0 aliphatic carbocycles. The molecule has 168 valence electrons. The van der Waals surface area contributed by atoms with E-state index < -0.39 is 41.1 Å². The fourth-order valence-electron chi connectivity index (χ4n) is 3.38. The number of nitrogens with one attached hydrogen (secondary N) is 1. The van der Waals surface area contributed by atoms with Crippen molar-refractivity contribution in [2.24, 2.45) is 0 Å². The maximum absolute atomic E-state index is 13.4. The van der Waals surface area contributed by atoms with Crippen molar-refractivity contribution in [3.8, 4) is 5.69 Å². The van der Waals surface area contributed by atoms with Crippen LogP contribution in [0, 0.1) is 5.82 Å². The molecule has 3 aromatic carbocycles. The van der Waals surface area contributed by atoms with Gasteiger partial charge in [-0.2, -0.15) is 13.2 Å². The fourth-order valence-corrected chi connectivity index (χ4v) is 3.60. The normalized spacial score (nSPS) is 11.5. The fraction of sp³-hybridized carbons (Fsp3) is 0.0870. The van der Waals surface area contributed by atoms with Gasteiger partial charge in [-0.05, 0) is 42.5 Å². The number of carbonyl (C=O) groups excluding carboxylic acids is 1. The third-order valence-corrected chi connectivity index (χ3v) is 5.14. The maximum atomic E-state index is 13.4. The van der Waals surface area contributed by atoms with Crippen LogP contribution in [0.2, 0.25) is 5.02 Å². The van der Waals surface area contributed by atoms with Gasteiger partial charge in [-0.15, -0.1) is 0 Å². The summed E-state index contributed by atoms with van der Waals surface area (Å²) < 4.78 is 54.3. The summed E-state index contributed by atoms with van der Waals surface area (Å²) in [7, 11) is 0. The molecule has 10 heteroatoms. The van der Waals surface area contributed by atoms with Crippen LogP contribution in [0.1, 0.15) is 11.4 Å². The molecule has 1 aromatic heterocycles. The van der Waals surface area contributed by atoms with Gasteiger partial charge in [-0.25, -0.2) is 9.37 Å². The molecule has 0 aliphatic heterocycles. The van der Waals surface area contributed by atoms with Crippen LogP contribution in [0.15, 0.2) is 71.5 Å². The summed E-state index contributed by atoms with van der Waals surface area (Å²) in [6, 6.07) is 14.8. The molecule has 0 saturated heterocycles. The third kappa shape index (κ3) is 4.58. The number of fused-ring (bicyclic) bond motifs is 1. The molecular weight excluding hydrogens is 462 g/mol. The van der Waals surface area contributed by atoms with Gasteiger partial charge in [-0.1, -0.05) is 35.9 Å². The van der Waals surface area contributed by atoms with Gasteiger partial charge >= 0.3 is 6.18 Å². The highest BCUT2D eigenvalue weighted by Crippen LogP contribution is 2.35. The van der Waals surface area contributed by atoms with Gasteiger partial charge in [0.25, 0.3) is 5.56 Å². The Hall–Kier alpha value is -3.72. The summed E-state index contributed by atoms with van der Waals surface area (Å²) in [5.74, 6) is -2.00. The van der Waals surface area contributed by atoms with Crippen LogP contribution in [0.3, 0.4) is 0 Å². The average Bonchev–Trinajstić information content (AvgIpc) is 2.75. The Morgan fingerprint density at radius 2 is 1.73 bits per heavy atom. The second-order valence-electron chi connectivity index (χ2n) is 7.05. The Balaban J connectivity index is 1.78. The van der Waals surface area contributed by atoms with E-state index in [0.29, 0.717) is 11.6 Å². The van der Waals surface area contributed by atoms with E-state index in [9.17, 15) is 27.2 Å². The third-order valence-electron chi connectivity index (χ3n) is 4.82. The minimum Gasteiger partial charge on any atom is -0.325 e. The Morgan fingerprint density at radius 3 is 2.45 bits per heavy atom. The molecule has 0 bridgehead atoms. The molecular formula is C23H14ClF4N3O2. The lowest BCUT2D eigenvalue weighted by molar-refractivity contribution is -0.137. The number of nitrogens with zero attached hydrogens (tertiary/aromatic N) is 2. The van der Waals surface area contributed by atoms with Crippen molar-refractivity contribution in [2.75, 3.05) is 5.32 Å². The van der Waals surface area contributed by atoms with Crippen LogP contribution in [0.25, 0.3) is 16.6 Å². The van der Waals surface area contributed by atoms with E-state index in [-0.39, 0.29) is 21.9 Å². The first-order valence-electron chi connectivity index (χ1n) is 9.57. The minimum absolute atomic E-state index is 0.0278. The van der Waals surface area contributed by atoms with Gasteiger partial charge in [0.1, 0.15) is 11.6 Å². The molecule has 0 aliphatic rings. The van der Waals surface area contributed by atoms with E-state index in [0.717, 1.165) is 16.7 Å². The number of benzene rings is 3. The van der Waals surface area contributed by atoms with Crippen molar-refractivity contribution in [1.29, 1.82) is 0 Å². The van der Waals surface area contributed by atoms with Gasteiger partial charge < -0.3 is 5.32 Å². The molecule has 33 heavy (non-hydrogen) atoms. The van der Waals surface area contributed by atoms with Crippen LogP contribution in [0.5, 0.6) is 0 Å². The van der Waals surface area contributed by atoms with Crippen molar-refractivity contribution in [3.63, 3.8) is 0 Å². The van der Waals surface area contributed by atoms with Gasteiger partial charge in [0.2, 0.25) is 5.91 Å². The number of carbonyl (C=O) groups is 1. The summed E-state index contributed by atoms with van der Waals surface area (Å²) >= 11 is 6.26. The van der Waals surface area contributed by atoms with Crippen LogP contribution < -0.4 is 10.9 Å². The van der Waals surface area contributed by atoms with E-state index in [1.807, 2.05) is 0 Å². The quantitative estimate of drug-likeness (QED) is 0.403. The number of para-hydroxylation sites is 2. The minimum atomic E-state index is -4.88. The lowest BCUT2D eigenvalue weighted by atomic mass is 10.1. The average molecular weight is 476 g/mol. The number of aromatic nitrogens is 2. The van der Waals surface area contributed by atoms with Crippen molar-refractivity contribution >= 4 is 34.1 Å². The SMILES string of the molecule is O=C(Cc1nc2ccccc2c(=O)n1-c1ccccc1Cl)Nc1ccc(F)cc1C(F)(F)F. The molecule has 1 heterocycles. The summed E-state index contributed by atoms with van der Waals surface area (Å²) in [6.45, 7) is 0. The van der Waals surface area contributed by atoms with Crippen LogP contribution >= 0.6 is 11.6 Å². The second kappa shape index (κ2) is 8.67. The number of rotatable bonds is 4. The second-order valence-corrected chi connectivity index (χ2v) is 7.46. The first-order valence-corrected chi connectivity index (χ1v) is 9.95. The lowest BCUT2D eigenvalue weighted by Gasteiger charge is -2.16. The first kappa shape index (κ1) is 22.5.